The van der Waals surface area contributed by atoms with Crippen molar-refractivity contribution in [3.05, 3.63) is 11.6 Å². The number of ether oxygens (including phenoxy) is 10. The van der Waals surface area contributed by atoms with Gasteiger partial charge in [-0.1, -0.05) is 53.2 Å². The van der Waals surface area contributed by atoms with Crippen LogP contribution in [0.25, 0.3) is 0 Å². The zero-order valence-corrected chi connectivity index (χ0v) is 51.8. The molecule has 516 valence electrons. The van der Waals surface area contributed by atoms with Crippen LogP contribution >= 0.6 is 0 Å². The molecule has 35 atom stereocenters. The van der Waals surface area contributed by atoms with Crippen molar-refractivity contribution in [2.75, 3.05) is 33.0 Å². The minimum atomic E-state index is -1.96. The Morgan fingerprint density at radius 1 is 0.517 bits per heavy atom. The lowest BCUT2D eigenvalue weighted by atomic mass is 9.38. The summed E-state index contributed by atoms with van der Waals surface area (Å²) in [5.41, 5.74) is -2.49. The summed E-state index contributed by atoms with van der Waals surface area (Å²) in [6, 6.07) is 0. The maximum Gasteiger partial charge on any atom is 0.187 e. The van der Waals surface area contributed by atoms with E-state index in [1.165, 1.54) is 13.8 Å². The van der Waals surface area contributed by atoms with Crippen molar-refractivity contribution in [3.8, 4) is 0 Å². The molecule has 89 heavy (non-hydrogen) atoms. The molecule has 0 aromatic heterocycles. The van der Waals surface area contributed by atoms with Gasteiger partial charge in [0.15, 0.2) is 31.5 Å². The van der Waals surface area contributed by atoms with Crippen LogP contribution in [0.2, 0.25) is 0 Å². The van der Waals surface area contributed by atoms with Crippen LogP contribution in [-0.4, -0.2) is 308 Å². The van der Waals surface area contributed by atoms with Gasteiger partial charge in [0, 0.05) is 10.8 Å². The first-order valence-corrected chi connectivity index (χ1v) is 31.6. The number of hydrogen-bond acceptors (Lipinski definition) is 29. The summed E-state index contributed by atoms with van der Waals surface area (Å²) >= 11 is 0. The average molecular weight is 1290 g/mol. The molecule has 29 heteroatoms. The molecule has 5 aliphatic heterocycles. The van der Waals surface area contributed by atoms with E-state index in [1.807, 2.05) is 13.8 Å². The number of hydrogen-bond donors (Lipinski definition) is 19. The Kier molecular flexibility index (Phi) is 22.3. The van der Waals surface area contributed by atoms with Gasteiger partial charge >= 0.3 is 0 Å². The molecule has 0 aromatic carbocycles. The Labute approximate surface area is 517 Å². The van der Waals surface area contributed by atoms with Crippen molar-refractivity contribution < 1.29 is 144 Å². The van der Waals surface area contributed by atoms with Crippen LogP contribution in [0.3, 0.4) is 0 Å². The van der Waals surface area contributed by atoms with Gasteiger partial charge in [-0.3, -0.25) is 0 Å². The van der Waals surface area contributed by atoms with E-state index in [1.54, 1.807) is 0 Å². The van der Waals surface area contributed by atoms with Crippen molar-refractivity contribution in [3.63, 3.8) is 0 Å². The zero-order chi connectivity index (χ0) is 65.5. The molecule has 9 rings (SSSR count). The number of aliphatic hydroxyl groups is 19. The second-order valence-corrected chi connectivity index (χ2v) is 28.7. The van der Waals surface area contributed by atoms with Gasteiger partial charge < -0.3 is 144 Å². The van der Waals surface area contributed by atoms with Crippen molar-refractivity contribution in [1.29, 1.82) is 0 Å². The molecule has 8 fully saturated rings. The van der Waals surface area contributed by atoms with E-state index < -0.39 is 227 Å². The van der Waals surface area contributed by atoms with Crippen molar-refractivity contribution in [2.45, 2.75) is 284 Å². The van der Waals surface area contributed by atoms with Crippen LogP contribution in [0.4, 0.5) is 0 Å². The van der Waals surface area contributed by atoms with E-state index in [0.717, 1.165) is 18.4 Å². The number of aliphatic hydroxyl groups excluding tert-OH is 18. The summed E-state index contributed by atoms with van der Waals surface area (Å²) < 4.78 is 59.5. The van der Waals surface area contributed by atoms with Crippen LogP contribution in [0.15, 0.2) is 11.6 Å². The van der Waals surface area contributed by atoms with Crippen LogP contribution in [0.1, 0.15) is 107 Å². The van der Waals surface area contributed by atoms with Crippen molar-refractivity contribution in [1.82, 2.24) is 0 Å². The highest BCUT2D eigenvalue weighted by molar-refractivity contribution is 5.32. The second-order valence-electron chi connectivity index (χ2n) is 28.7. The van der Waals surface area contributed by atoms with Gasteiger partial charge in [-0.25, -0.2) is 0 Å². The maximum atomic E-state index is 12.8. The van der Waals surface area contributed by atoms with Gasteiger partial charge in [-0.15, -0.1) is 0 Å². The van der Waals surface area contributed by atoms with Crippen LogP contribution in [0.5, 0.6) is 0 Å². The van der Waals surface area contributed by atoms with E-state index in [4.69, 9.17) is 47.4 Å². The van der Waals surface area contributed by atoms with Gasteiger partial charge in [0.05, 0.1) is 56.9 Å². The predicted molar refractivity (Wildman–Crippen MR) is 300 cm³/mol. The molecule has 29 nitrogen and oxygen atoms in total. The lowest BCUT2D eigenvalue weighted by molar-refractivity contribution is -0.380. The third-order valence-electron chi connectivity index (χ3n) is 22.9. The standard InChI is InChI=1S/C60H102O29/c1-23(9-13-35(57(4,5)79)87-55-50(89-54-47(77)42(72)38(68)29(20-63)83-54)43(73)39(69)31(85-55)22-80-51-45(75)40(70)36(66)27(18-61)81-51)24-15-16-58(6)32-12-10-25-26(60(32,8)33(65)17-59(24,58)7)11-14-34(56(25,2)3)86-52-48(78)44(74)49(30(21-64)84-52)88-53-46(76)41(71)37(67)28(19-62)82-53/h10,23-24,26-55,61-79H,9,11-22H2,1-8H3/t23-,24-,26-,27?,28?,29?,30?,31?,32+,33-,34+,35-,36-,37-,38-,39-,40?,41?,42?,43?,44?,45+,46+,47+,48+,49-,50+,51-,52+,53+,54+,55+,58+,59-,60+/m1/s1. The molecule has 5 saturated heterocycles. The lowest BCUT2D eigenvalue weighted by Gasteiger charge is -2.67. The molecule has 19 N–H and O–H groups in total. The number of rotatable bonds is 20. The molecule has 0 bridgehead atoms. The molecule has 0 spiro atoms. The molecule has 4 aliphatic carbocycles. The van der Waals surface area contributed by atoms with Crippen LogP contribution < -0.4 is 0 Å². The van der Waals surface area contributed by atoms with Gasteiger partial charge in [0.1, 0.15) is 122 Å². The topological polar surface area (TPSA) is 477 Å². The van der Waals surface area contributed by atoms with Crippen LogP contribution in [-0.2, 0) is 47.4 Å². The van der Waals surface area contributed by atoms with Gasteiger partial charge in [0.25, 0.3) is 0 Å². The first-order valence-electron chi connectivity index (χ1n) is 31.6. The average Bonchev–Trinajstić information content (AvgIpc) is 1.66. The summed E-state index contributed by atoms with van der Waals surface area (Å²) in [5.74, 6) is -0.0172. The molecule has 5 heterocycles. The molecular formula is C60H102O29. The Morgan fingerprint density at radius 3 is 1.52 bits per heavy atom. The van der Waals surface area contributed by atoms with Crippen molar-refractivity contribution >= 4 is 0 Å². The predicted octanol–water partition coefficient (Wildman–Crippen LogP) is -5.41. The molecule has 3 saturated carbocycles. The van der Waals surface area contributed by atoms with E-state index in [9.17, 15) is 97.0 Å². The summed E-state index contributed by atoms with van der Waals surface area (Å²) in [7, 11) is 0. The molecule has 0 aromatic rings. The fourth-order valence-corrected chi connectivity index (χ4v) is 17.1. The van der Waals surface area contributed by atoms with E-state index in [0.29, 0.717) is 32.1 Å². The van der Waals surface area contributed by atoms with Gasteiger partial charge in [0.2, 0.25) is 0 Å². The Morgan fingerprint density at radius 2 is 0.978 bits per heavy atom. The first-order chi connectivity index (χ1) is 41.7. The Balaban J connectivity index is 0.884. The maximum absolute atomic E-state index is 12.8. The third kappa shape index (κ3) is 13.0. The quantitative estimate of drug-likeness (QED) is 0.0506. The minimum Gasteiger partial charge on any atom is -0.394 e. The molecule has 9 aliphatic rings. The Hall–Kier alpha value is -1.42. The van der Waals surface area contributed by atoms with Gasteiger partial charge in [-0.2, -0.15) is 0 Å². The summed E-state index contributed by atoms with van der Waals surface area (Å²) in [4.78, 5) is 0. The van der Waals surface area contributed by atoms with Gasteiger partial charge in [-0.05, 0) is 99.7 Å². The fraction of sp³-hybridized carbons (Fsp3) is 0.967. The van der Waals surface area contributed by atoms with Crippen LogP contribution in [0, 0.1) is 45.3 Å². The van der Waals surface area contributed by atoms with E-state index >= 15 is 0 Å². The summed E-state index contributed by atoms with van der Waals surface area (Å²) in [6.45, 7) is 12.3. The number of fused-ring (bicyclic) bond motifs is 5. The summed E-state index contributed by atoms with van der Waals surface area (Å²) in [5, 5.41) is 205. The molecule has 10 unspecified atom stereocenters. The first kappa shape index (κ1) is 71.9. The number of allylic oxidation sites excluding steroid dienone is 1. The summed E-state index contributed by atoms with van der Waals surface area (Å²) in [6.07, 6.45) is -37.7. The highest BCUT2D eigenvalue weighted by atomic mass is 16.8. The highest BCUT2D eigenvalue weighted by Crippen LogP contribution is 2.75. The monoisotopic (exact) mass is 1290 g/mol. The smallest absolute Gasteiger partial charge is 0.187 e. The lowest BCUT2D eigenvalue weighted by Crippen LogP contribution is -2.66. The molecule has 0 amide bonds. The fourth-order valence-electron chi connectivity index (χ4n) is 17.1. The zero-order valence-electron chi connectivity index (χ0n) is 51.8. The highest BCUT2D eigenvalue weighted by Gasteiger charge is 2.71. The second kappa shape index (κ2) is 27.6. The van der Waals surface area contributed by atoms with E-state index in [-0.39, 0.29) is 35.5 Å². The molecular weight excluding hydrogens is 1180 g/mol. The minimum absolute atomic E-state index is 0.0310. The largest absolute Gasteiger partial charge is 0.394 e. The normalized spacial score (nSPS) is 51.8. The third-order valence-corrected chi connectivity index (χ3v) is 22.9. The van der Waals surface area contributed by atoms with Crippen molar-refractivity contribution in [2.24, 2.45) is 45.3 Å². The SMILES string of the molecule is C[C@H](CC[C@@H](O[C@@H]1OC(CO[C@@H]2OC(CO)[C@@H](O)C(O)[C@@H]2O)[C@@H](O)C(O)[C@@H]1O[C@@H]1OC(CO)[C@@H](O)C(O)[C@@H]1O)C(C)(C)O)[C@H]1CC[C@@]2(C)[C@@H]3CC=C4[C@@H](CC[C@H](O[C@@H]5OC(CO)[C@@H](O[C@@H]6OC(CO)[C@@H](O)C(O)[C@@H]6O)C(O)[C@@H]5O)C4(C)C)[C@]3(C)[C@H](O)C[C@]12C. The Bertz CT molecular complexity index is 2340. The molecule has 0 radical (unpaired) electrons. The van der Waals surface area contributed by atoms with E-state index in [2.05, 4.69) is 33.8 Å².